The van der Waals surface area contributed by atoms with Crippen molar-refractivity contribution in [3.8, 4) is 0 Å². The minimum Gasteiger partial charge on any atom is -0.356 e. The van der Waals surface area contributed by atoms with Crippen molar-refractivity contribution in [2.45, 2.75) is 19.3 Å². The van der Waals surface area contributed by atoms with E-state index in [4.69, 9.17) is 23.2 Å². The lowest BCUT2D eigenvalue weighted by Gasteiger charge is -2.16. The number of rotatable bonds is 7. The maximum absolute atomic E-state index is 11.7. The van der Waals surface area contributed by atoms with Crippen LogP contribution < -0.4 is 10.6 Å². The average molecular weight is 535 g/mol. The third-order valence-corrected chi connectivity index (χ3v) is 6.55. The minimum absolute atomic E-state index is 0. The lowest BCUT2D eigenvalue weighted by molar-refractivity contribution is 0.445. The Bertz CT molecular complexity index is 716. The third-order valence-electron chi connectivity index (χ3n) is 4.01. The van der Waals surface area contributed by atoms with Gasteiger partial charge in [-0.2, -0.15) is 0 Å². The van der Waals surface area contributed by atoms with E-state index in [2.05, 4.69) is 15.6 Å². The van der Waals surface area contributed by atoms with Crippen LogP contribution in [0.5, 0.6) is 0 Å². The summed E-state index contributed by atoms with van der Waals surface area (Å²) in [5.41, 5.74) is 1.06. The van der Waals surface area contributed by atoms with Crippen molar-refractivity contribution in [3.05, 3.63) is 33.8 Å². The fourth-order valence-corrected chi connectivity index (χ4v) is 4.70. The maximum Gasteiger partial charge on any atom is 0.214 e. The number of aryl methyl sites for hydroxylation is 1. The number of halogens is 3. The van der Waals surface area contributed by atoms with E-state index >= 15 is 0 Å². The predicted octanol–water partition coefficient (Wildman–Crippen LogP) is 2.74. The first-order valence-corrected chi connectivity index (χ1v) is 10.6. The molecular weight excluding hydrogens is 510 g/mol. The zero-order valence-corrected chi connectivity index (χ0v) is 19.3. The highest BCUT2D eigenvalue weighted by molar-refractivity contribution is 14.0. The monoisotopic (exact) mass is 534 g/mol. The molecular formula is C16H25Cl2IN4O2S. The Morgan fingerprint density at radius 3 is 2.62 bits per heavy atom. The van der Waals surface area contributed by atoms with Crippen molar-refractivity contribution in [2.24, 2.45) is 4.99 Å². The first-order chi connectivity index (χ1) is 11.9. The Labute approximate surface area is 182 Å². The Morgan fingerprint density at radius 1 is 1.27 bits per heavy atom. The molecule has 10 heteroatoms. The van der Waals surface area contributed by atoms with Gasteiger partial charge in [-0.3, -0.25) is 4.99 Å². The van der Waals surface area contributed by atoms with Gasteiger partial charge < -0.3 is 10.6 Å². The highest BCUT2D eigenvalue weighted by atomic mass is 127. The molecule has 1 fully saturated rings. The van der Waals surface area contributed by atoms with E-state index in [1.165, 1.54) is 4.31 Å². The number of nitrogens with one attached hydrogen (secondary N) is 2. The molecule has 0 aliphatic carbocycles. The van der Waals surface area contributed by atoms with Crippen LogP contribution in [0, 0.1) is 0 Å². The molecule has 0 amide bonds. The van der Waals surface area contributed by atoms with Gasteiger partial charge in [-0.1, -0.05) is 29.3 Å². The van der Waals surface area contributed by atoms with Crippen LogP contribution in [-0.2, 0) is 16.4 Å². The molecule has 0 spiro atoms. The van der Waals surface area contributed by atoms with E-state index in [0.717, 1.165) is 24.9 Å². The van der Waals surface area contributed by atoms with E-state index in [1.807, 2.05) is 12.1 Å². The van der Waals surface area contributed by atoms with Crippen LogP contribution in [0.3, 0.4) is 0 Å². The summed E-state index contributed by atoms with van der Waals surface area (Å²) >= 11 is 12.0. The second-order valence-corrected chi connectivity index (χ2v) is 8.77. The Kier molecular flexibility index (Phi) is 10.5. The first kappa shape index (κ1) is 23.7. The molecule has 1 saturated heterocycles. The SMILES string of the molecule is CN=C(NCCCc1ccc(Cl)cc1Cl)NCCN1CCCS1(=O)=O.I. The predicted molar refractivity (Wildman–Crippen MR) is 120 cm³/mol. The molecule has 26 heavy (non-hydrogen) atoms. The molecule has 1 aliphatic rings. The number of nitrogens with zero attached hydrogens (tertiary/aromatic N) is 2. The number of guanidine groups is 1. The molecule has 1 aromatic carbocycles. The number of hydrogen-bond donors (Lipinski definition) is 2. The van der Waals surface area contributed by atoms with Crippen LogP contribution in [0.1, 0.15) is 18.4 Å². The van der Waals surface area contributed by atoms with Crippen molar-refractivity contribution in [2.75, 3.05) is 39.0 Å². The lowest BCUT2D eigenvalue weighted by atomic mass is 10.1. The van der Waals surface area contributed by atoms with E-state index in [0.29, 0.717) is 42.1 Å². The molecule has 0 unspecified atom stereocenters. The molecule has 1 aliphatic heterocycles. The van der Waals surface area contributed by atoms with Gasteiger partial charge in [-0.25, -0.2) is 12.7 Å². The van der Waals surface area contributed by atoms with Gasteiger partial charge in [-0.15, -0.1) is 24.0 Å². The molecule has 0 saturated carbocycles. The number of aliphatic imine (C=N–C) groups is 1. The van der Waals surface area contributed by atoms with Gasteiger partial charge in [0.15, 0.2) is 5.96 Å². The van der Waals surface area contributed by atoms with Crippen LogP contribution in [0.4, 0.5) is 0 Å². The Hall–Kier alpha value is -0.290. The topological polar surface area (TPSA) is 73.8 Å². The van der Waals surface area contributed by atoms with E-state index in [1.54, 1.807) is 13.1 Å². The van der Waals surface area contributed by atoms with Crippen molar-refractivity contribution >= 4 is 63.2 Å². The highest BCUT2D eigenvalue weighted by Crippen LogP contribution is 2.21. The van der Waals surface area contributed by atoms with Gasteiger partial charge in [0.1, 0.15) is 0 Å². The smallest absolute Gasteiger partial charge is 0.214 e. The summed E-state index contributed by atoms with van der Waals surface area (Å²) in [5, 5.41) is 7.68. The van der Waals surface area contributed by atoms with Gasteiger partial charge in [0.2, 0.25) is 10.0 Å². The lowest BCUT2D eigenvalue weighted by Crippen LogP contribution is -2.42. The molecule has 0 bridgehead atoms. The molecule has 0 aromatic heterocycles. The van der Waals surface area contributed by atoms with E-state index in [9.17, 15) is 8.42 Å². The second-order valence-electron chi connectivity index (χ2n) is 5.83. The van der Waals surface area contributed by atoms with E-state index < -0.39 is 10.0 Å². The van der Waals surface area contributed by atoms with Crippen LogP contribution >= 0.6 is 47.2 Å². The quantitative estimate of drug-likeness (QED) is 0.244. The van der Waals surface area contributed by atoms with Crippen LogP contribution in [0.25, 0.3) is 0 Å². The van der Waals surface area contributed by atoms with Crippen molar-refractivity contribution in [1.29, 1.82) is 0 Å². The molecule has 1 aromatic rings. The van der Waals surface area contributed by atoms with Gasteiger partial charge in [0.05, 0.1) is 5.75 Å². The van der Waals surface area contributed by atoms with Crippen molar-refractivity contribution in [3.63, 3.8) is 0 Å². The zero-order chi connectivity index (χ0) is 18.3. The molecule has 0 radical (unpaired) electrons. The van der Waals surface area contributed by atoms with Crippen LogP contribution in [-0.4, -0.2) is 57.7 Å². The number of sulfonamides is 1. The zero-order valence-electron chi connectivity index (χ0n) is 14.7. The standard InChI is InChI=1S/C16H24Cl2N4O2S.HI/c1-19-16(21-8-10-22-9-3-11-25(22,23)24)20-7-2-4-13-5-6-14(17)12-15(13)18;/h5-6,12H,2-4,7-11H2,1H3,(H2,19,20,21);1H. The molecule has 6 nitrogen and oxygen atoms in total. The van der Waals surface area contributed by atoms with Gasteiger partial charge in [0, 0.05) is 43.3 Å². The minimum atomic E-state index is -3.04. The Morgan fingerprint density at radius 2 is 2.00 bits per heavy atom. The van der Waals surface area contributed by atoms with Crippen molar-refractivity contribution in [1.82, 2.24) is 14.9 Å². The van der Waals surface area contributed by atoms with Crippen LogP contribution in [0.15, 0.2) is 23.2 Å². The van der Waals surface area contributed by atoms with Crippen LogP contribution in [0.2, 0.25) is 10.0 Å². The largest absolute Gasteiger partial charge is 0.356 e. The van der Waals surface area contributed by atoms with Crippen molar-refractivity contribution < 1.29 is 8.42 Å². The van der Waals surface area contributed by atoms with E-state index in [-0.39, 0.29) is 29.7 Å². The Balaban J connectivity index is 0.00000338. The highest BCUT2D eigenvalue weighted by Gasteiger charge is 2.27. The number of hydrogen-bond acceptors (Lipinski definition) is 3. The summed E-state index contributed by atoms with van der Waals surface area (Å²) in [4.78, 5) is 4.15. The summed E-state index contributed by atoms with van der Waals surface area (Å²) in [5.74, 6) is 0.923. The average Bonchev–Trinajstić information content (AvgIpc) is 2.90. The summed E-state index contributed by atoms with van der Waals surface area (Å²) in [7, 11) is -1.35. The van der Waals surface area contributed by atoms with Gasteiger partial charge in [0.25, 0.3) is 0 Å². The summed E-state index contributed by atoms with van der Waals surface area (Å²) in [6.07, 6.45) is 2.44. The fourth-order valence-electron chi connectivity index (χ4n) is 2.67. The summed E-state index contributed by atoms with van der Waals surface area (Å²) < 4.78 is 25.0. The first-order valence-electron chi connectivity index (χ1n) is 8.28. The molecule has 2 N–H and O–H groups in total. The van der Waals surface area contributed by atoms with Gasteiger partial charge >= 0.3 is 0 Å². The summed E-state index contributed by atoms with van der Waals surface area (Å²) in [6, 6.07) is 5.52. The molecule has 1 heterocycles. The summed E-state index contributed by atoms with van der Waals surface area (Å²) in [6.45, 7) is 2.34. The third kappa shape index (κ3) is 7.38. The number of benzene rings is 1. The fraction of sp³-hybridized carbons (Fsp3) is 0.562. The normalized spacial score (nSPS) is 17.0. The molecule has 148 valence electrons. The van der Waals surface area contributed by atoms with Gasteiger partial charge in [-0.05, 0) is 37.0 Å². The molecule has 0 atom stereocenters. The second kappa shape index (κ2) is 11.5. The maximum atomic E-state index is 11.7. The molecule has 2 rings (SSSR count).